The van der Waals surface area contributed by atoms with Gasteiger partial charge in [0, 0.05) is 4.91 Å². The number of thioether (sulfide) groups is 1. The zero-order valence-corrected chi connectivity index (χ0v) is 25.7. The van der Waals surface area contributed by atoms with Gasteiger partial charge in [0.1, 0.15) is 18.3 Å². The van der Waals surface area contributed by atoms with Crippen LogP contribution in [0, 0.1) is 0 Å². The molecule has 1 aliphatic rings. The second-order valence-electron chi connectivity index (χ2n) is 10.5. The van der Waals surface area contributed by atoms with Crippen LogP contribution in [-0.2, 0) is 48.3 Å². The van der Waals surface area contributed by atoms with Crippen LogP contribution in [0.15, 0.2) is 102 Å². The Balaban J connectivity index is 1.65. The van der Waals surface area contributed by atoms with E-state index < -0.39 is 24.6 Å². The molecule has 0 radical (unpaired) electrons. The highest BCUT2D eigenvalue weighted by molar-refractivity contribution is 8.04. The Hall–Kier alpha value is -2.78. The zero-order chi connectivity index (χ0) is 29.7. The highest BCUT2D eigenvalue weighted by Gasteiger charge is 2.49. The molecule has 0 aliphatic carbocycles. The number of hydrogen-bond acceptors (Lipinski definition) is 7. The van der Waals surface area contributed by atoms with Crippen molar-refractivity contribution in [1.82, 2.24) is 0 Å². The Kier molecular flexibility index (Phi) is 12.8. The smallest absolute Gasteiger partial charge is 0.173 e. The van der Waals surface area contributed by atoms with Crippen molar-refractivity contribution in [2.24, 2.45) is 0 Å². The molecule has 0 bridgehead atoms. The number of ketones is 1. The van der Waals surface area contributed by atoms with E-state index in [-0.39, 0.29) is 23.7 Å². The summed E-state index contributed by atoms with van der Waals surface area (Å²) in [7, 11) is 0. The fourth-order valence-corrected chi connectivity index (χ4v) is 6.01. The van der Waals surface area contributed by atoms with E-state index in [4.69, 9.17) is 23.7 Å². The lowest BCUT2D eigenvalue weighted by Gasteiger charge is -2.46. The number of allylic oxidation sites excluding steroid dienone is 2. The number of ether oxygens (including phenoxy) is 5. The summed E-state index contributed by atoms with van der Waals surface area (Å²) in [6, 6.07) is 30.2. The average molecular weight is 591 g/mol. The van der Waals surface area contributed by atoms with E-state index >= 15 is 0 Å². The molecule has 1 fully saturated rings. The summed E-state index contributed by atoms with van der Waals surface area (Å²) < 4.78 is 32.5. The van der Waals surface area contributed by atoms with Gasteiger partial charge in [0.05, 0.1) is 37.8 Å². The van der Waals surface area contributed by atoms with Gasteiger partial charge in [-0.15, -0.1) is 11.8 Å². The maximum absolute atomic E-state index is 12.5. The van der Waals surface area contributed by atoms with Crippen molar-refractivity contribution in [3.8, 4) is 0 Å². The SMILES string of the molecule is C/C=C(\S[C@H]1[C@H](OC(C)C)O[C@H](COCc2ccccc2)[C@@H](OCc2ccccc2)[C@@H]1OCc1ccccc1)C(C)=O. The minimum Gasteiger partial charge on any atom is -0.374 e. The van der Waals surface area contributed by atoms with Crippen LogP contribution in [-0.4, -0.2) is 48.3 Å². The first kappa shape index (κ1) is 32.1. The molecule has 3 aromatic rings. The van der Waals surface area contributed by atoms with E-state index in [9.17, 15) is 4.79 Å². The van der Waals surface area contributed by atoms with Crippen LogP contribution in [0.2, 0.25) is 0 Å². The number of Topliss-reactive ketones (excluding diaryl/α,β-unsaturated/α-hetero) is 1. The summed E-state index contributed by atoms with van der Waals surface area (Å²) in [5, 5.41) is -0.364. The molecule has 42 heavy (non-hydrogen) atoms. The third-order valence-corrected chi connectivity index (χ3v) is 8.37. The average Bonchev–Trinajstić information content (AvgIpc) is 3.00. The van der Waals surface area contributed by atoms with Gasteiger partial charge in [-0.25, -0.2) is 0 Å². The maximum atomic E-state index is 12.5. The van der Waals surface area contributed by atoms with Crippen LogP contribution in [0.4, 0.5) is 0 Å². The van der Waals surface area contributed by atoms with Gasteiger partial charge in [0.15, 0.2) is 12.1 Å². The maximum Gasteiger partial charge on any atom is 0.173 e. The van der Waals surface area contributed by atoms with Crippen molar-refractivity contribution in [2.75, 3.05) is 6.61 Å². The molecule has 0 N–H and O–H groups in total. The molecular formula is C35H42O6S. The van der Waals surface area contributed by atoms with Crippen molar-refractivity contribution in [1.29, 1.82) is 0 Å². The molecule has 0 amide bonds. The lowest BCUT2D eigenvalue weighted by molar-refractivity contribution is -0.281. The van der Waals surface area contributed by atoms with Crippen molar-refractivity contribution in [3.05, 3.63) is 119 Å². The second kappa shape index (κ2) is 16.8. The largest absolute Gasteiger partial charge is 0.374 e. The monoisotopic (exact) mass is 590 g/mol. The van der Waals surface area contributed by atoms with E-state index in [1.54, 1.807) is 6.92 Å². The highest BCUT2D eigenvalue weighted by atomic mass is 32.2. The van der Waals surface area contributed by atoms with Gasteiger partial charge in [-0.05, 0) is 44.4 Å². The molecule has 1 saturated heterocycles. The minimum atomic E-state index is -0.646. The van der Waals surface area contributed by atoms with Gasteiger partial charge in [-0.3, -0.25) is 4.79 Å². The first-order valence-corrected chi connectivity index (χ1v) is 15.4. The third-order valence-electron chi connectivity index (χ3n) is 6.83. The Morgan fingerprint density at radius 2 is 1.31 bits per heavy atom. The van der Waals surface area contributed by atoms with Crippen molar-refractivity contribution in [3.63, 3.8) is 0 Å². The lowest BCUT2D eigenvalue weighted by Crippen LogP contribution is -2.60. The van der Waals surface area contributed by atoms with Crippen molar-refractivity contribution < 1.29 is 28.5 Å². The summed E-state index contributed by atoms with van der Waals surface area (Å²) in [6.07, 6.45) is -0.331. The van der Waals surface area contributed by atoms with Crippen molar-refractivity contribution in [2.45, 2.75) is 83.5 Å². The topological polar surface area (TPSA) is 63.2 Å². The predicted molar refractivity (Wildman–Crippen MR) is 167 cm³/mol. The normalized spacial score (nSPS) is 22.8. The molecular weight excluding hydrogens is 548 g/mol. The number of carbonyl (C=O) groups is 1. The number of rotatable bonds is 15. The van der Waals surface area contributed by atoms with Gasteiger partial charge in [0.2, 0.25) is 0 Å². The van der Waals surface area contributed by atoms with Gasteiger partial charge >= 0.3 is 0 Å². The Labute approximate surface area is 254 Å². The first-order valence-electron chi connectivity index (χ1n) is 14.5. The molecule has 5 atom stereocenters. The van der Waals surface area contributed by atoms with Crippen LogP contribution in [0.1, 0.15) is 44.4 Å². The quantitative estimate of drug-likeness (QED) is 0.175. The molecule has 4 rings (SSSR count). The lowest BCUT2D eigenvalue weighted by atomic mass is 10.00. The predicted octanol–water partition coefficient (Wildman–Crippen LogP) is 7.12. The van der Waals surface area contributed by atoms with Crippen molar-refractivity contribution >= 4 is 17.5 Å². The summed E-state index contributed by atoms with van der Waals surface area (Å²) >= 11 is 1.43. The summed E-state index contributed by atoms with van der Waals surface area (Å²) in [5.74, 6) is -0.0114. The van der Waals surface area contributed by atoms with E-state index in [1.807, 2.05) is 118 Å². The van der Waals surface area contributed by atoms with Gasteiger partial charge in [-0.1, -0.05) is 97.1 Å². The Bertz CT molecular complexity index is 1230. The molecule has 0 aromatic heterocycles. The summed E-state index contributed by atoms with van der Waals surface area (Å²) in [6.45, 7) is 8.90. The van der Waals surface area contributed by atoms with E-state index in [0.29, 0.717) is 24.7 Å². The summed E-state index contributed by atoms with van der Waals surface area (Å²) in [4.78, 5) is 13.2. The Morgan fingerprint density at radius 3 is 1.79 bits per heavy atom. The molecule has 1 heterocycles. The first-order chi connectivity index (χ1) is 20.4. The summed E-state index contributed by atoms with van der Waals surface area (Å²) in [5.41, 5.74) is 3.17. The van der Waals surface area contributed by atoms with E-state index in [0.717, 1.165) is 16.7 Å². The van der Waals surface area contributed by atoms with Crippen LogP contribution < -0.4 is 0 Å². The van der Waals surface area contributed by atoms with Gasteiger partial charge in [-0.2, -0.15) is 0 Å². The molecule has 6 nitrogen and oxygen atoms in total. The van der Waals surface area contributed by atoms with Crippen LogP contribution in [0.3, 0.4) is 0 Å². The van der Waals surface area contributed by atoms with E-state index in [2.05, 4.69) is 0 Å². The van der Waals surface area contributed by atoms with Crippen LogP contribution in [0.25, 0.3) is 0 Å². The number of benzene rings is 3. The molecule has 0 unspecified atom stereocenters. The highest BCUT2D eigenvalue weighted by Crippen LogP contribution is 2.39. The standard InChI is InChI=1S/C35H42O6S/c1-5-31(26(4)36)42-34-33(39-23-29-19-13-8-14-20-29)32(38-22-28-17-11-7-12-18-28)30(41-35(34)40-25(2)3)24-37-21-27-15-9-6-10-16-27/h5-20,25,30,32-35H,21-24H2,1-4H3/b31-5-/t30-,32-,33+,34-,35-/m1/s1. The molecule has 3 aromatic carbocycles. The molecule has 1 aliphatic heterocycles. The van der Waals surface area contributed by atoms with Gasteiger partial charge < -0.3 is 23.7 Å². The minimum absolute atomic E-state index is 0.0114. The van der Waals surface area contributed by atoms with E-state index in [1.165, 1.54) is 11.8 Å². The fraction of sp³-hybridized carbons (Fsp3) is 0.400. The van der Waals surface area contributed by atoms with Crippen LogP contribution in [0.5, 0.6) is 0 Å². The molecule has 7 heteroatoms. The van der Waals surface area contributed by atoms with Gasteiger partial charge in [0.25, 0.3) is 0 Å². The third kappa shape index (κ3) is 9.63. The Morgan fingerprint density at radius 1 is 0.810 bits per heavy atom. The number of hydrogen-bond donors (Lipinski definition) is 0. The second-order valence-corrected chi connectivity index (χ2v) is 11.8. The van der Waals surface area contributed by atoms with Crippen LogP contribution >= 0.6 is 11.8 Å². The fourth-order valence-electron chi connectivity index (χ4n) is 4.81. The molecule has 224 valence electrons. The molecule has 0 spiro atoms. The molecule has 0 saturated carbocycles. The zero-order valence-electron chi connectivity index (χ0n) is 24.9. The number of carbonyl (C=O) groups excluding carboxylic acids is 1.